The highest BCUT2D eigenvalue weighted by atomic mass is 35.5. The summed E-state index contributed by atoms with van der Waals surface area (Å²) in [6.07, 6.45) is 1.79. The summed E-state index contributed by atoms with van der Waals surface area (Å²) in [5.41, 5.74) is 1.33. The Morgan fingerprint density at radius 3 is 2.55 bits per heavy atom. The quantitative estimate of drug-likeness (QED) is 0.371. The van der Waals surface area contributed by atoms with Crippen molar-refractivity contribution in [3.63, 3.8) is 0 Å². The molecule has 0 bridgehead atoms. The third-order valence-corrected chi connectivity index (χ3v) is 7.37. The Labute approximate surface area is 226 Å². The van der Waals surface area contributed by atoms with Crippen molar-refractivity contribution in [1.82, 2.24) is 29.6 Å². The fourth-order valence-corrected chi connectivity index (χ4v) is 5.31. The Bertz CT molecular complexity index is 1540. The molecule has 38 heavy (non-hydrogen) atoms. The Balaban J connectivity index is 1.90. The number of pyridine rings is 1. The fraction of sp³-hybridized carbons (Fsp3) is 0.429. The molecule has 4 aromatic rings. The molecule has 1 aliphatic rings. The Kier molecular flexibility index (Phi) is 7.00. The average Bonchev–Trinajstić information content (AvgIpc) is 3.31. The van der Waals surface area contributed by atoms with E-state index in [-0.39, 0.29) is 40.3 Å². The lowest BCUT2D eigenvalue weighted by Gasteiger charge is -2.38. The first-order valence-corrected chi connectivity index (χ1v) is 13.4. The van der Waals surface area contributed by atoms with Crippen molar-refractivity contribution in [1.29, 1.82) is 0 Å². The van der Waals surface area contributed by atoms with Gasteiger partial charge in [-0.25, -0.2) is 23.4 Å². The molecule has 3 aromatic heterocycles. The van der Waals surface area contributed by atoms with Crippen LogP contribution in [-0.2, 0) is 0 Å². The highest BCUT2D eigenvalue weighted by Crippen LogP contribution is 2.36. The summed E-state index contributed by atoms with van der Waals surface area (Å²) in [5.74, 6) is 0.786. The van der Waals surface area contributed by atoms with Crippen molar-refractivity contribution in [2.75, 3.05) is 18.0 Å². The van der Waals surface area contributed by atoms with E-state index in [9.17, 15) is 9.18 Å². The van der Waals surface area contributed by atoms with E-state index < -0.39 is 11.5 Å². The molecule has 8 nitrogen and oxygen atoms in total. The van der Waals surface area contributed by atoms with Gasteiger partial charge in [0.2, 0.25) is 0 Å². The van der Waals surface area contributed by atoms with Gasteiger partial charge in [0.1, 0.15) is 17.5 Å². The van der Waals surface area contributed by atoms with Crippen LogP contribution < -0.4 is 15.9 Å². The topological polar surface area (TPSA) is 80.9 Å². The Morgan fingerprint density at radius 1 is 1.13 bits per heavy atom. The van der Waals surface area contributed by atoms with Gasteiger partial charge in [0.15, 0.2) is 5.65 Å². The number of hydrogen-bond acceptors (Lipinski definition) is 6. The number of benzene rings is 1. The van der Waals surface area contributed by atoms with Crippen molar-refractivity contribution in [3.05, 3.63) is 63.4 Å². The second-order valence-corrected chi connectivity index (χ2v) is 11.1. The smallest absolute Gasteiger partial charge is 0.350 e. The van der Waals surface area contributed by atoms with Gasteiger partial charge in [0.25, 0.3) is 0 Å². The SMILES string of the molecule is CC(C)c1cnn(C(C)C)c1-n1c(=O)nc(N2C[C@@H](C)NC[C@@H]2C)c2cc(Cl)c(-c3ccccc3F)nc21. The van der Waals surface area contributed by atoms with E-state index in [4.69, 9.17) is 16.6 Å². The number of nitrogens with one attached hydrogen (secondary N) is 1. The van der Waals surface area contributed by atoms with Gasteiger partial charge < -0.3 is 10.2 Å². The van der Waals surface area contributed by atoms with E-state index >= 15 is 0 Å². The maximum absolute atomic E-state index is 14.9. The second-order valence-electron chi connectivity index (χ2n) is 10.7. The fourth-order valence-electron chi connectivity index (χ4n) is 5.06. The van der Waals surface area contributed by atoms with Gasteiger partial charge in [-0.2, -0.15) is 10.1 Å². The van der Waals surface area contributed by atoms with Gasteiger partial charge in [-0.3, -0.25) is 0 Å². The van der Waals surface area contributed by atoms with Crippen LogP contribution in [0.4, 0.5) is 10.2 Å². The predicted molar refractivity (Wildman–Crippen MR) is 150 cm³/mol. The maximum atomic E-state index is 14.9. The first kappa shape index (κ1) is 26.3. The largest absolute Gasteiger partial charge is 0.357 e. The summed E-state index contributed by atoms with van der Waals surface area (Å²) < 4.78 is 18.2. The van der Waals surface area contributed by atoms with Crippen LogP contribution in [0.5, 0.6) is 0 Å². The zero-order chi connectivity index (χ0) is 27.3. The van der Waals surface area contributed by atoms with Crippen LogP contribution in [0.1, 0.15) is 59.1 Å². The number of hydrogen-bond donors (Lipinski definition) is 1. The molecule has 1 aromatic carbocycles. The summed E-state index contributed by atoms with van der Waals surface area (Å²) in [4.78, 5) is 25.6. The average molecular weight is 538 g/mol. The molecule has 4 heterocycles. The van der Waals surface area contributed by atoms with Crippen LogP contribution in [0.3, 0.4) is 0 Å². The maximum Gasteiger partial charge on any atom is 0.357 e. The molecule has 1 aliphatic heterocycles. The van der Waals surface area contributed by atoms with Crippen molar-refractivity contribution in [3.8, 4) is 17.1 Å². The van der Waals surface area contributed by atoms with Gasteiger partial charge >= 0.3 is 5.69 Å². The highest BCUT2D eigenvalue weighted by molar-refractivity contribution is 6.33. The van der Waals surface area contributed by atoms with Crippen LogP contribution in [0.2, 0.25) is 5.02 Å². The summed E-state index contributed by atoms with van der Waals surface area (Å²) in [6, 6.07) is 8.40. The summed E-state index contributed by atoms with van der Waals surface area (Å²) in [5, 5.41) is 8.98. The number of nitrogens with zero attached hydrogens (tertiary/aromatic N) is 6. The van der Waals surface area contributed by atoms with E-state index in [1.54, 1.807) is 30.5 Å². The van der Waals surface area contributed by atoms with E-state index in [0.29, 0.717) is 29.2 Å². The summed E-state index contributed by atoms with van der Waals surface area (Å²) >= 11 is 6.77. The molecule has 10 heteroatoms. The van der Waals surface area contributed by atoms with Crippen LogP contribution in [0, 0.1) is 5.82 Å². The molecular formula is C28H33ClFN7O. The van der Waals surface area contributed by atoms with Gasteiger partial charge in [-0.05, 0) is 51.8 Å². The molecule has 5 rings (SSSR count). The van der Waals surface area contributed by atoms with Gasteiger partial charge in [0.05, 0.1) is 22.3 Å². The lowest BCUT2D eigenvalue weighted by Crippen LogP contribution is -2.55. The predicted octanol–water partition coefficient (Wildman–Crippen LogP) is 5.33. The second kappa shape index (κ2) is 10.1. The first-order valence-electron chi connectivity index (χ1n) is 13.0. The molecule has 0 saturated carbocycles. The molecule has 0 aliphatic carbocycles. The number of aromatic nitrogens is 5. The normalized spacial score (nSPS) is 18.2. The van der Waals surface area contributed by atoms with Gasteiger partial charge in [0, 0.05) is 42.3 Å². The highest BCUT2D eigenvalue weighted by Gasteiger charge is 2.29. The van der Waals surface area contributed by atoms with Crippen LogP contribution in [-0.4, -0.2) is 49.5 Å². The van der Waals surface area contributed by atoms with Crippen molar-refractivity contribution in [2.45, 2.75) is 65.6 Å². The molecule has 200 valence electrons. The van der Waals surface area contributed by atoms with Crippen molar-refractivity contribution in [2.24, 2.45) is 0 Å². The zero-order valence-electron chi connectivity index (χ0n) is 22.5. The number of halogens is 2. The monoisotopic (exact) mass is 537 g/mol. The number of anilines is 1. The first-order chi connectivity index (χ1) is 18.1. The van der Waals surface area contributed by atoms with E-state index in [1.807, 2.05) is 18.5 Å². The van der Waals surface area contributed by atoms with E-state index in [2.05, 4.69) is 48.0 Å². The van der Waals surface area contributed by atoms with Crippen LogP contribution in [0.15, 0.2) is 41.3 Å². The number of fused-ring (bicyclic) bond motifs is 1. The number of piperazine rings is 1. The van der Waals surface area contributed by atoms with Gasteiger partial charge in [-0.1, -0.05) is 37.6 Å². The summed E-state index contributed by atoms with van der Waals surface area (Å²) in [6.45, 7) is 13.7. The summed E-state index contributed by atoms with van der Waals surface area (Å²) in [7, 11) is 0. The minimum absolute atomic E-state index is 0.0218. The third-order valence-electron chi connectivity index (χ3n) is 7.09. The van der Waals surface area contributed by atoms with E-state index in [1.165, 1.54) is 10.6 Å². The van der Waals surface area contributed by atoms with Crippen LogP contribution >= 0.6 is 11.6 Å². The molecule has 1 saturated heterocycles. The van der Waals surface area contributed by atoms with Crippen molar-refractivity contribution < 1.29 is 4.39 Å². The standard InChI is InChI=1S/C28H33ClFN7O/c1-15(2)21-13-32-37(16(3)4)27(21)36-26-20(11-22(29)24(33-26)19-9-7-8-10-23(19)30)25(34-28(36)38)35-14-17(5)31-12-18(35)6/h7-11,13,15-18,31H,12,14H2,1-6H3/t17-,18+/m1/s1. The number of rotatable bonds is 5. The molecule has 0 unspecified atom stereocenters. The molecule has 0 radical (unpaired) electrons. The Hall–Kier alpha value is -3.30. The van der Waals surface area contributed by atoms with Crippen LogP contribution in [0.25, 0.3) is 28.1 Å². The zero-order valence-corrected chi connectivity index (χ0v) is 23.3. The molecule has 0 spiro atoms. The third kappa shape index (κ3) is 4.47. The Morgan fingerprint density at radius 2 is 1.87 bits per heavy atom. The lowest BCUT2D eigenvalue weighted by atomic mass is 10.1. The van der Waals surface area contributed by atoms with Gasteiger partial charge in [-0.15, -0.1) is 0 Å². The van der Waals surface area contributed by atoms with E-state index in [0.717, 1.165) is 12.1 Å². The molecular weight excluding hydrogens is 505 g/mol. The minimum Gasteiger partial charge on any atom is -0.350 e. The lowest BCUT2D eigenvalue weighted by molar-refractivity contribution is 0.423. The molecule has 0 amide bonds. The molecule has 2 atom stereocenters. The molecule has 1 fully saturated rings. The molecule has 1 N–H and O–H groups in total. The minimum atomic E-state index is -0.468. The van der Waals surface area contributed by atoms with Crippen molar-refractivity contribution >= 4 is 28.5 Å².